The standard InChI is InChI=1S/C37H55N5O7.2C32H51N5O7/c1-20(22-16-11-10-12-17-22)49-33(47)29(36(5,6)7)41-34(48)40-28(35(2,3)4)32(46)42-19-23-25(37(23,8)9)26(42)31(45)39-24(27(43)30(38)44)18-21-14-13-15-21;1-30(2,3)23(35-29(43)36-24(31(4,5)6)28(42)44-17-10-9-11-17)27(41)37-15-18-20(32(18,7)8)21(37)26(40)34-19(14-16-12-13-16)22(38)25(33)39;1-16(2)22(29(42)44-18-10-8-9-11-18)35-30(43)36-25(31(3,4)5)28(41)37-15-19-21(32(19,6)7)23(37)27(40)34-20(14-17-12-13-17)24(38)26(33)39/h10-12,16-17,20-21,23-26,28-29H,13-15,18-19H2,1-9H3,(H2,38,44)(H,39,45)(H2,40,41,48);16-21,23-24H,9-15H2,1-8H3,(H2,33,39)(H,34,40)(H2,35,36,43);16-23,25H,8-15H2,1-7H3,(H2,33,39)(H,34,40)(H2,35,36,43)/t20-,23+,24?,25+,26+,28-,29-;18-,19?,20-,21-,23+,24+;19-,20?,21-,22-,23-,25+/m100/s1. The van der Waals surface area contributed by atoms with Gasteiger partial charge in [0, 0.05) is 19.6 Å². The normalized spacial score (nSPS) is 25.4. The number of hydrogen-bond acceptors (Lipinski definition) is 21. The van der Waals surface area contributed by atoms with Crippen LogP contribution in [-0.2, 0) is 86.1 Å². The molecule has 11 fully saturated rings. The predicted octanol–water partition coefficient (Wildman–Crippen LogP) is 7.70. The summed E-state index contributed by atoms with van der Waals surface area (Å²) >= 11 is 0. The van der Waals surface area contributed by atoms with Crippen LogP contribution in [0.15, 0.2) is 30.3 Å². The monoisotopic (exact) mass is 1920 g/mol. The summed E-state index contributed by atoms with van der Waals surface area (Å²) in [7, 11) is 0. The molecule has 0 spiro atoms. The third-order valence-electron chi connectivity index (χ3n) is 30.8. The van der Waals surface area contributed by atoms with Gasteiger partial charge in [-0.1, -0.05) is 235 Å². The van der Waals surface area contributed by atoms with E-state index in [1.54, 1.807) is 6.92 Å². The van der Waals surface area contributed by atoms with Gasteiger partial charge in [-0.2, -0.15) is 0 Å². The zero-order valence-corrected chi connectivity index (χ0v) is 85.1. The lowest BCUT2D eigenvalue weighted by Crippen LogP contribution is -2.62. The highest BCUT2D eigenvalue weighted by Crippen LogP contribution is 2.67. The third-order valence-corrected chi connectivity index (χ3v) is 30.8. The Morgan fingerprint density at radius 1 is 0.358 bits per heavy atom. The quantitative estimate of drug-likeness (QED) is 0.0176. The smallest absolute Gasteiger partial charge is 0.329 e. The van der Waals surface area contributed by atoms with Crippen LogP contribution in [0.4, 0.5) is 14.4 Å². The van der Waals surface area contributed by atoms with Crippen molar-refractivity contribution in [1.29, 1.82) is 0 Å². The van der Waals surface area contributed by atoms with Crippen molar-refractivity contribution in [3.8, 4) is 0 Å². The van der Waals surface area contributed by atoms with Crippen molar-refractivity contribution in [3.05, 3.63) is 35.9 Å². The van der Waals surface area contributed by atoms with Gasteiger partial charge in [-0.05, 0) is 179 Å². The van der Waals surface area contributed by atoms with Crippen LogP contribution in [0.2, 0.25) is 0 Å². The maximum atomic E-state index is 14.4. The first-order valence-corrected chi connectivity index (χ1v) is 49.5. The molecule has 0 aromatic heterocycles. The highest BCUT2D eigenvalue weighted by Gasteiger charge is 2.73. The minimum atomic E-state index is -1.11. The van der Waals surface area contributed by atoms with E-state index in [1.165, 1.54) is 14.7 Å². The molecule has 12 rings (SSSR count). The fraction of sp³-hybridized carbons (Fsp3) is 0.762. The summed E-state index contributed by atoms with van der Waals surface area (Å²) in [6, 6.07) is -4.60. The summed E-state index contributed by atoms with van der Waals surface area (Å²) in [5, 5.41) is 24.9. The lowest BCUT2D eigenvalue weighted by molar-refractivity contribution is -0.158. The average molecular weight is 1920 g/mol. The van der Waals surface area contributed by atoms with Crippen LogP contribution in [0.5, 0.6) is 0 Å². The molecule has 3 saturated heterocycles. The summed E-state index contributed by atoms with van der Waals surface area (Å²) < 4.78 is 17.0. The number of amides is 15. The molecule has 36 heteroatoms. The first-order chi connectivity index (χ1) is 63.3. The summed E-state index contributed by atoms with van der Waals surface area (Å²) in [5.74, 6) is -10.1. The van der Waals surface area contributed by atoms with Crippen LogP contribution in [0.1, 0.15) is 287 Å². The van der Waals surface area contributed by atoms with Gasteiger partial charge in [0.05, 0.1) is 18.1 Å². The largest absolute Gasteiger partial charge is 0.461 e. The number of carbonyl (C=O) groups is 18. The fourth-order valence-electron chi connectivity index (χ4n) is 21.0. The Morgan fingerprint density at radius 3 is 0.905 bits per heavy atom. The number of rotatable bonds is 35. The summed E-state index contributed by atoms with van der Waals surface area (Å²) in [4.78, 5) is 242. The number of nitrogens with two attached hydrogens (primary N) is 3. The van der Waals surface area contributed by atoms with Gasteiger partial charge in [0.1, 0.15) is 72.7 Å². The molecule has 36 nitrogen and oxygen atoms in total. The van der Waals surface area contributed by atoms with E-state index in [4.69, 9.17) is 31.4 Å². The first kappa shape index (κ1) is 109. The predicted molar refractivity (Wildman–Crippen MR) is 507 cm³/mol. The van der Waals surface area contributed by atoms with E-state index in [1.807, 2.05) is 190 Å². The topological polar surface area (TPSA) is 531 Å². The maximum Gasteiger partial charge on any atom is 0.329 e. The van der Waals surface area contributed by atoms with Crippen molar-refractivity contribution in [2.24, 2.45) is 120 Å². The number of fused-ring (bicyclic) bond motifs is 3. The second kappa shape index (κ2) is 42.0. The van der Waals surface area contributed by atoms with Gasteiger partial charge >= 0.3 is 36.0 Å². The van der Waals surface area contributed by atoms with Crippen LogP contribution in [0, 0.1) is 102 Å². The van der Waals surface area contributed by atoms with E-state index in [9.17, 15) is 86.3 Å². The first-order valence-electron chi connectivity index (χ1n) is 49.5. The molecule has 8 aliphatic carbocycles. The van der Waals surface area contributed by atoms with Gasteiger partial charge in [-0.3, -0.25) is 57.5 Å². The molecule has 1 aromatic rings. The number of benzene rings is 1. The van der Waals surface area contributed by atoms with E-state index in [0.29, 0.717) is 38.9 Å². The minimum absolute atomic E-state index is 0.0465. The Hall–Kier alpha value is -10.3. The van der Waals surface area contributed by atoms with E-state index in [0.717, 1.165) is 95.5 Å². The van der Waals surface area contributed by atoms with E-state index in [-0.39, 0.29) is 87.6 Å². The SMILES string of the molecule is CC(C)(C)[C@H](NC(=O)N[C@H](C(=O)N1C[C@H]2[C@@H]([C@H]1C(=O)NC(CC1CC1)C(=O)C(N)=O)C2(C)C)C(C)(C)C)C(=O)OC1CCC1.CC(C)[C@H](NC(=O)N[C@H](C(=O)N1C[C@H]2[C@@H]([C@H]1C(=O)NC(CC1CC1)C(=O)C(N)=O)C2(C)C)C(C)(C)C)C(=O)OC1CCCC1.C[C@@H](OC(=O)[C@@H](NC(=O)N[C@H](C(=O)N1C[C@H]2[C@@H]([C@H]1C(=O)NC(CC1CCC1)C(=O)C(N)=O)C2(C)C)C(C)(C)C)C(C)(C)C)c1ccccc1. The Labute approximate surface area is 807 Å². The highest BCUT2D eigenvalue weighted by molar-refractivity contribution is 6.39. The molecule has 762 valence electrons. The molecule has 3 heterocycles. The molecule has 137 heavy (non-hydrogen) atoms. The molecule has 15 amide bonds. The number of piperidine rings is 3. The number of ether oxygens (including phenoxy) is 3. The van der Waals surface area contributed by atoms with Gasteiger partial charge < -0.3 is 94.0 Å². The number of likely N-dealkylation sites (tertiary alicyclic amines) is 3. The number of primary amides is 3. The molecule has 15 N–H and O–H groups in total. The lowest BCUT2D eigenvalue weighted by Gasteiger charge is -2.38. The number of esters is 3. The van der Waals surface area contributed by atoms with Crippen LogP contribution in [0.3, 0.4) is 0 Å². The average Bonchev–Trinajstić information content (AvgIpc) is 1.53. The van der Waals surface area contributed by atoms with Crippen molar-refractivity contribution in [2.45, 2.75) is 366 Å². The highest BCUT2D eigenvalue weighted by atomic mass is 16.6. The lowest BCUT2D eigenvalue weighted by atomic mass is 9.80. The number of urea groups is 3. The van der Waals surface area contributed by atoms with Crippen molar-refractivity contribution >= 4 is 107 Å². The zero-order chi connectivity index (χ0) is 102. The second-order valence-corrected chi connectivity index (χ2v) is 48.3. The number of carbonyl (C=O) groups excluding carboxylic acids is 18. The van der Waals surface area contributed by atoms with Gasteiger partial charge in [0.25, 0.3) is 17.7 Å². The van der Waals surface area contributed by atoms with E-state index >= 15 is 0 Å². The molecule has 3 aliphatic heterocycles. The van der Waals surface area contributed by atoms with Crippen molar-refractivity contribution in [3.63, 3.8) is 0 Å². The van der Waals surface area contributed by atoms with Crippen LogP contribution in [0.25, 0.3) is 0 Å². The molecule has 0 radical (unpaired) electrons. The van der Waals surface area contributed by atoms with Crippen molar-refractivity contribution < 1.29 is 101 Å². The molecular formula is C101H157N15O21. The Kier molecular flexibility index (Phi) is 33.3. The maximum absolute atomic E-state index is 14.4. The summed E-state index contributed by atoms with van der Waals surface area (Å²) in [6.45, 7) is 45.8. The van der Waals surface area contributed by atoms with E-state index in [2.05, 4.69) is 47.9 Å². The number of nitrogens with zero attached hydrogens (tertiary/aromatic N) is 3. The molecule has 3 unspecified atom stereocenters. The third kappa shape index (κ3) is 26.2. The number of Topliss-reactive ketones (excluding diaryl/α,β-unsaturated/α-hetero) is 3. The molecule has 1 aromatic carbocycles. The van der Waals surface area contributed by atoms with E-state index < -0.39 is 212 Å². The second-order valence-electron chi connectivity index (χ2n) is 48.3. The molecular weight excluding hydrogens is 1760 g/mol. The Morgan fingerprint density at radius 2 is 0.635 bits per heavy atom. The summed E-state index contributed by atoms with van der Waals surface area (Å²) in [6.07, 6.45) is 12.9. The van der Waals surface area contributed by atoms with Crippen molar-refractivity contribution in [2.75, 3.05) is 19.6 Å². The Bertz CT molecular complexity index is 4720. The fourth-order valence-corrected chi connectivity index (χ4v) is 21.0. The minimum Gasteiger partial charge on any atom is -0.461 e. The zero-order valence-electron chi connectivity index (χ0n) is 85.1. The Balaban J connectivity index is 0.000000213. The number of hydrogen-bond donors (Lipinski definition) is 12. The summed E-state index contributed by atoms with van der Waals surface area (Å²) in [5.41, 5.74) is 12.5. The van der Waals surface area contributed by atoms with Crippen LogP contribution in [-0.4, -0.2) is 226 Å². The van der Waals surface area contributed by atoms with Gasteiger partial charge in [-0.15, -0.1) is 0 Å². The van der Waals surface area contributed by atoms with Crippen LogP contribution < -0.4 is 65.1 Å². The van der Waals surface area contributed by atoms with Gasteiger partial charge in [-0.25, -0.2) is 28.8 Å². The van der Waals surface area contributed by atoms with Crippen LogP contribution >= 0.6 is 0 Å². The van der Waals surface area contributed by atoms with Gasteiger partial charge in [0.15, 0.2) is 0 Å². The number of nitrogens with one attached hydrogen (secondary N) is 9. The molecule has 19 atom stereocenters. The van der Waals surface area contributed by atoms with Gasteiger partial charge in [0.2, 0.25) is 52.8 Å². The molecule has 0 bridgehead atoms. The number of ketones is 3. The van der Waals surface area contributed by atoms with Crippen molar-refractivity contribution in [1.82, 2.24) is 62.6 Å². The molecule has 11 aliphatic rings. The molecule has 8 saturated carbocycles.